The summed E-state index contributed by atoms with van der Waals surface area (Å²) in [4.78, 5) is 51.5. The van der Waals surface area contributed by atoms with Crippen LogP contribution in [0.4, 0.5) is 0 Å². The van der Waals surface area contributed by atoms with Gasteiger partial charge in [0.15, 0.2) is 23.1 Å². The smallest absolute Gasteiger partial charge is 0.257 e. The second-order valence-electron chi connectivity index (χ2n) is 8.77. The summed E-state index contributed by atoms with van der Waals surface area (Å²) in [6.07, 6.45) is 3.57. The molecule has 9 heteroatoms. The number of carbonyl (C=O) groups is 4. The van der Waals surface area contributed by atoms with Gasteiger partial charge in [0, 0.05) is 22.6 Å². The lowest BCUT2D eigenvalue weighted by molar-refractivity contribution is -0.173. The summed E-state index contributed by atoms with van der Waals surface area (Å²) in [5.41, 5.74) is 2.44. The zero-order valence-corrected chi connectivity index (χ0v) is 20.0. The first-order valence-corrected chi connectivity index (χ1v) is 11.6. The zero-order valence-electron chi connectivity index (χ0n) is 17.8. The number of fused-ring (bicyclic) bond motifs is 3. The Hall–Kier alpha value is -2.79. The van der Waals surface area contributed by atoms with Crippen molar-refractivity contribution in [3.8, 4) is 11.5 Å². The van der Waals surface area contributed by atoms with Crippen LogP contribution in [0.15, 0.2) is 46.6 Å². The van der Waals surface area contributed by atoms with Crippen molar-refractivity contribution in [1.82, 2.24) is 5.06 Å². The van der Waals surface area contributed by atoms with Gasteiger partial charge in [0.05, 0.1) is 22.5 Å². The van der Waals surface area contributed by atoms with Crippen LogP contribution in [0.5, 0.6) is 11.5 Å². The first-order valence-electron chi connectivity index (χ1n) is 10.5. The molecule has 170 valence electrons. The number of Topliss-reactive ketones (excluding diaryl/α,β-unsaturated/α-hetero) is 1. The van der Waals surface area contributed by atoms with Crippen LogP contribution >= 0.6 is 22.6 Å². The van der Waals surface area contributed by atoms with Crippen LogP contribution in [-0.4, -0.2) is 45.9 Å². The predicted octanol–water partition coefficient (Wildman–Crippen LogP) is 2.82. The number of allylic oxidation sites excluding steroid dienone is 6. The highest BCUT2D eigenvalue weighted by Crippen LogP contribution is 2.55. The number of ketones is 2. The van der Waals surface area contributed by atoms with Crippen LogP contribution in [-0.2, 0) is 19.2 Å². The fourth-order valence-electron chi connectivity index (χ4n) is 5.64. The number of nitrogens with zero attached hydrogens (tertiary/aromatic N) is 1. The Bertz CT molecular complexity index is 1260. The largest absolute Gasteiger partial charge is 0.504 e. The number of methoxy groups -OCH3 is 1. The van der Waals surface area contributed by atoms with Crippen molar-refractivity contribution in [3.05, 3.63) is 55.7 Å². The Labute approximate surface area is 202 Å². The molecule has 1 aromatic rings. The van der Waals surface area contributed by atoms with Gasteiger partial charge >= 0.3 is 0 Å². The van der Waals surface area contributed by atoms with E-state index in [0.717, 1.165) is 5.57 Å². The molecule has 3 aliphatic carbocycles. The molecule has 1 aliphatic heterocycles. The number of imide groups is 1. The van der Waals surface area contributed by atoms with Crippen molar-refractivity contribution in [2.24, 2.45) is 17.8 Å². The molecule has 4 unspecified atom stereocenters. The molecule has 0 saturated carbocycles. The van der Waals surface area contributed by atoms with Gasteiger partial charge in [-0.15, -0.1) is 0 Å². The van der Waals surface area contributed by atoms with Gasteiger partial charge in [0.2, 0.25) is 0 Å². The summed E-state index contributed by atoms with van der Waals surface area (Å²) in [6.45, 7) is 1.60. The molecule has 0 spiro atoms. The predicted molar refractivity (Wildman–Crippen MR) is 122 cm³/mol. The van der Waals surface area contributed by atoms with E-state index < -0.39 is 35.5 Å². The third-order valence-electron chi connectivity index (χ3n) is 7.15. The molecule has 4 atom stereocenters. The number of hydrogen-bond donors (Lipinski definition) is 2. The van der Waals surface area contributed by atoms with Gasteiger partial charge in [0.25, 0.3) is 11.8 Å². The average molecular weight is 561 g/mol. The third-order valence-corrected chi connectivity index (χ3v) is 7.97. The monoisotopic (exact) mass is 561 g/mol. The van der Waals surface area contributed by atoms with Crippen molar-refractivity contribution >= 4 is 46.0 Å². The Morgan fingerprint density at radius 3 is 2.55 bits per heavy atom. The van der Waals surface area contributed by atoms with E-state index >= 15 is 0 Å². The minimum Gasteiger partial charge on any atom is -0.504 e. The highest BCUT2D eigenvalue weighted by atomic mass is 127. The van der Waals surface area contributed by atoms with Gasteiger partial charge in [-0.25, -0.2) is 0 Å². The number of aromatic hydroxyl groups is 1. The van der Waals surface area contributed by atoms with Gasteiger partial charge in [-0.3, -0.25) is 24.4 Å². The van der Waals surface area contributed by atoms with Gasteiger partial charge < -0.3 is 9.84 Å². The van der Waals surface area contributed by atoms with E-state index in [1.165, 1.54) is 13.2 Å². The molecule has 1 heterocycles. The molecule has 0 radical (unpaired) electrons. The lowest BCUT2D eigenvalue weighted by Gasteiger charge is -2.42. The van der Waals surface area contributed by atoms with Crippen LogP contribution in [0, 0.1) is 21.3 Å². The van der Waals surface area contributed by atoms with Crippen molar-refractivity contribution in [2.45, 2.75) is 25.7 Å². The second-order valence-corrected chi connectivity index (χ2v) is 9.93. The number of phenols is 1. The molecule has 1 fully saturated rings. The van der Waals surface area contributed by atoms with Crippen LogP contribution in [0.1, 0.15) is 31.2 Å². The maximum Gasteiger partial charge on any atom is 0.257 e. The number of hydroxylamine groups is 2. The minimum absolute atomic E-state index is 0.0317. The number of ether oxygens (including phenoxy) is 1. The van der Waals surface area contributed by atoms with E-state index in [9.17, 15) is 29.5 Å². The van der Waals surface area contributed by atoms with Crippen LogP contribution < -0.4 is 4.74 Å². The fraction of sp³-hybridized carbons (Fsp3) is 0.333. The highest BCUT2D eigenvalue weighted by molar-refractivity contribution is 14.1. The number of benzene rings is 1. The summed E-state index contributed by atoms with van der Waals surface area (Å²) < 4.78 is 5.83. The van der Waals surface area contributed by atoms with Gasteiger partial charge in [0.1, 0.15) is 0 Å². The normalized spacial score (nSPS) is 28.9. The summed E-state index contributed by atoms with van der Waals surface area (Å²) in [7, 11) is 1.43. The van der Waals surface area contributed by atoms with E-state index in [1.54, 1.807) is 19.1 Å². The van der Waals surface area contributed by atoms with Crippen LogP contribution in [0.3, 0.4) is 0 Å². The van der Waals surface area contributed by atoms with E-state index in [4.69, 9.17) is 4.74 Å². The molecule has 4 aliphatic rings. The molecule has 1 saturated heterocycles. The number of rotatable bonds is 2. The molecule has 2 amide bonds. The molecule has 8 nitrogen and oxygen atoms in total. The number of phenolic OH excluding ortho intramolecular Hbond substituents is 1. The van der Waals surface area contributed by atoms with Crippen LogP contribution in [0.2, 0.25) is 0 Å². The lowest BCUT2D eigenvalue weighted by Crippen LogP contribution is -2.39. The third kappa shape index (κ3) is 3.05. The molecular weight excluding hydrogens is 541 g/mol. The van der Waals surface area contributed by atoms with Gasteiger partial charge in [-0.1, -0.05) is 11.6 Å². The van der Waals surface area contributed by atoms with Crippen molar-refractivity contribution < 1.29 is 34.2 Å². The topological polar surface area (TPSA) is 121 Å². The Kier molecular flexibility index (Phi) is 5.09. The van der Waals surface area contributed by atoms with E-state index in [1.807, 2.05) is 28.7 Å². The maximum absolute atomic E-state index is 13.3. The molecule has 2 N–H and O–H groups in total. The van der Waals surface area contributed by atoms with E-state index in [-0.39, 0.29) is 41.0 Å². The molecule has 5 rings (SSSR count). The van der Waals surface area contributed by atoms with Crippen molar-refractivity contribution in [1.29, 1.82) is 0 Å². The van der Waals surface area contributed by atoms with Gasteiger partial charge in [-0.05, 0) is 72.0 Å². The zero-order chi connectivity index (χ0) is 23.8. The Morgan fingerprint density at radius 2 is 1.85 bits per heavy atom. The quantitative estimate of drug-likeness (QED) is 0.187. The molecule has 0 aromatic heterocycles. The summed E-state index contributed by atoms with van der Waals surface area (Å²) >= 11 is 1.97. The number of amides is 2. The molecule has 0 bridgehead atoms. The Morgan fingerprint density at radius 1 is 1.12 bits per heavy atom. The molecule has 1 aromatic carbocycles. The van der Waals surface area contributed by atoms with Crippen molar-refractivity contribution in [2.75, 3.05) is 7.11 Å². The summed E-state index contributed by atoms with van der Waals surface area (Å²) in [5, 5.41) is 20.5. The number of carbonyl (C=O) groups excluding carboxylic acids is 4. The average Bonchev–Trinajstić information content (AvgIpc) is 3.02. The van der Waals surface area contributed by atoms with Crippen LogP contribution in [0.25, 0.3) is 0 Å². The fourth-order valence-corrected chi connectivity index (χ4v) is 6.27. The summed E-state index contributed by atoms with van der Waals surface area (Å²) in [6, 6.07) is 3.36. The van der Waals surface area contributed by atoms with Crippen molar-refractivity contribution in [3.63, 3.8) is 0 Å². The molecular formula is C24H20INO7. The lowest BCUT2D eigenvalue weighted by atomic mass is 9.59. The Balaban J connectivity index is 1.74. The molecule has 33 heavy (non-hydrogen) atoms. The number of hydrogen-bond acceptors (Lipinski definition) is 7. The summed E-state index contributed by atoms with van der Waals surface area (Å²) in [5.74, 6) is -4.29. The van der Waals surface area contributed by atoms with Gasteiger partial charge in [-0.2, -0.15) is 5.06 Å². The standard InChI is InChI=1S/C24H20INO7/c1-9-5-16(27)14-8-13-11(3-4-12-19(13)24(31)26(32)23(12)30)18(20(14)21(9)28)10-6-15(25)22(29)17(7-10)33-2/h3,5-7,12-13,18-19,29,32H,4,8H2,1-2H3. The number of halogens is 1. The maximum atomic E-state index is 13.3. The SMILES string of the molecule is COc1cc(C2C3=CCC4C(=O)N(O)C(=O)C4C3CC3=C2C(=O)C(C)=CC3=O)cc(I)c1O. The van der Waals surface area contributed by atoms with E-state index in [0.29, 0.717) is 25.9 Å². The first kappa shape index (κ1) is 22.0. The second kappa shape index (κ2) is 7.63. The first-order chi connectivity index (χ1) is 15.6. The highest BCUT2D eigenvalue weighted by Gasteiger charge is 2.56. The minimum atomic E-state index is -0.799. The van der Waals surface area contributed by atoms with E-state index in [2.05, 4.69) is 0 Å².